The van der Waals surface area contributed by atoms with Gasteiger partial charge >= 0.3 is 5.82 Å². The molecule has 3 aromatic rings. The first kappa shape index (κ1) is 13.6. The number of aryl methyl sites for hydroxylation is 1. The minimum absolute atomic E-state index is 0.0566. The number of nitrogens with zero attached hydrogens (tertiary/aromatic N) is 6. The van der Waals surface area contributed by atoms with Crippen molar-refractivity contribution >= 4 is 23.2 Å². The van der Waals surface area contributed by atoms with E-state index in [1.807, 2.05) is 18.4 Å². The summed E-state index contributed by atoms with van der Waals surface area (Å²) in [6.07, 6.45) is 1.63. The standard InChI is InChI=1S/C12H12N6O2S/c1-3-16-8(2)14-15-12(16)21-10-11(18(19)20)17-7-5-4-6-9(17)13-10/h4-7H,3H2,1-2H3. The summed E-state index contributed by atoms with van der Waals surface area (Å²) in [6, 6.07) is 5.25. The van der Waals surface area contributed by atoms with Crippen molar-refractivity contribution in [3.63, 3.8) is 0 Å². The van der Waals surface area contributed by atoms with Gasteiger partial charge in [0.05, 0.1) is 6.20 Å². The highest BCUT2D eigenvalue weighted by Crippen LogP contribution is 2.34. The van der Waals surface area contributed by atoms with Crippen LogP contribution in [0, 0.1) is 17.0 Å². The van der Waals surface area contributed by atoms with Gasteiger partial charge in [-0.3, -0.25) is 0 Å². The lowest BCUT2D eigenvalue weighted by Crippen LogP contribution is -1.99. The number of hydrogen-bond donors (Lipinski definition) is 0. The summed E-state index contributed by atoms with van der Waals surface area (Å²) in [7, 11) is 0. The van der Waals surface area contributed by atoms with Crippen LogP contribution in [-0.4, -0.2) is 29.1 Å². The van der Waals surface area contributed by atoms with E-state index in [2.05, 4.69) is 15.2 Å². The van der Waals surface area contributed by atoms with E-state index in [9.17, 15) is 10.1 Å². The molecule has 0 radical (unpaired) electrons. The van der Waals surface area contributed by atoms with Gasteiger partial charge < -0.3 is 14.7 Å². The molecule has 3 aromatic heterocycles. The van der Waals surface area contributed by atoms with Crippen molar-refractivity contribution in [2.45, 2.75) is 30.6 Å². The predicted molar refractivity (Wildman–Crippen MR) is 76.4 cm³/mol. The average Bonchev–Trinajstić information content (AvgIpc) is 2.99. The van der Waals surface area contributed by atoms with Crippen molar-refractivity contribution < 1.29 is 4.92 Å². The summed E-state index contributed by atoms with van der Waals surface area (Å²) < 4.78 is 3.35. The van der Waals surface area contributed by atoms with E-state index in [1.54, 1.807) is 24.4 Å². The maximum Gasteiger partial charge on any atom is 0.362 e. The normalized spacial score (nSPS) is 11.1. The highest BCUT2D eigenvalue weighted by molar-refractivity contribution is 7.99. The van der Waals surface area contributed by atoms with E-state index in [1.165, 1.54) is 4.40 Å². The molecule has 108 valence electrons. The summed E-state index contributed by atoms with van der Waals surface area (Å²) in [5, 5.41) is 20.3. The Morgan fingerprint density at radius 2 is 2.19 bits per heavy atom. The summed E-state index contributed by atoms with van der Waals surface area (Å²) in [6.45, 7) is 4.51. The van der Waals surface area contributed by atoms with Gasteiger partial charge in [-0.1, -0.05) is 6.07 Å². The van der Waals surface area contributed by atoms with Crippen molar-refractivity contribution in [2.24, 2.45) is 0 Å². The fourth-order valence-electron chi connectivity index (χ4n) is 2.08. The van der Waals surface area contributed by atoms with Crippen LogP contribution in [-0.2, 0) is 6.54 Å². The molecule has 0 bridgehead atoms. The molecule has 21 heavy (non-hydrogen) atoms. The molecule has 0 aliphatic heterocycles. The van der Waals surface area contributed by atoms with Gasteiger partial charge in [-0.15, -0.1) is 10.2 Å². The highest BCUT2D eigenvalue weighted by atomic mass is 32.2. The number of imidazole rings is 1. The molecule has 0 saturated carbocycles. The Kier molecular flexibility index (Phi) is 3.34. The third-order valence-corrected chi connectivity index (χ3v) is 4.00. The van der Waals surface area contributed by atoms with Gasteiger partial charge in [0.15, 0.2) is 5.16 Å². The summed E-state index contributed by atoms with van der Waals surface area (Å²) in [4.78, 5) is 15.2. The van der Waals surface area contributed by atoms with Gasteiger partial charge in [0.2, 0.25) is 10.7 Å². The van der Waals surface area contributed by atoms with Crippen LogP contribution >= 0.6 is 11.8 Å². The van der Waals surface area contributed by atoms with Crippen LogP contribution in [0.5, 0.6) is 0 Å². The summed E-state index contributed by atoms with van der Waals surface area (Å²) in [5.41, 5.74) is 0.533. The molecular formula is C12H12N6O2S. The zero-order valence-corrected chi connectivity index (χ0v) is 12.2. The van der Waals surface area contributed by atoms with Crippen LogP contribution < -0.4 is 0 Å². The Morgan fingerprint density at radius 3 is 2.90 bits per heavy atom. The van der Waals surface area contributed by atoms with Gasteiger partial charge in [0.25, 0.3) is 0 Å². The largest absolute Gasteiger partial charge is 0.362 e. The lowest BCUT2D eigenvalue weighted by Gasteiger charge is -2.02. The van der Waals surface area contributed by atoms with E-state index in [0.29, 0.717) is 22.4 Å². The quantitative estimate of drug-likeness (QED) is 0.542. The average molecular weight is 304 g/mol. The molecule has 0 spiro atoms. The molecule has 0 atom stereocenters. The number of fused-ring (bicyclic) bond motifs is 1. The first-order valence-electron chi connectivity index (χ1n) is 6.31. The smallest absolute Gasteiger partial charge is 0.358 e. The van der Waals surface area contributed by atoms with Crippen molar-refractivity contribution in [1.82, 2.24) is 24.1 Å². The Morgan fingerprint density at radius 1 is 1.38 bits per heavy atom. The molecule has 0 saturated heterocycles. The SMILES string of the molecule is CCn1c(C)nnc1Sc1nc2ccccn2c1[N+](=O)[O-]. The number of nitro groups is 1. The summed E-state index contributed by atoms with van der Waals surface area (Å²) in [5.74, 6) is 0.713. The van der Waals surface area contributed by atoms with E-state index in [4.69, 9.17) is 0 Å². The van der Waals surface area contributed by atoms with Crippen molar-refractivity contribution in [3.8, 4) is 0 Å². The van der Waals surface area contributed by atoms with E-state index in [0.717, 1.165) is 17.6 Å². The molecule has 0 aliphatic carbocycles. The Bertz CT molecular complexity index is 824. The molecule has 0 aromatic carbocycles. The van der Waals surface area contributed by atoms with Gasteiger partial charge in [0.1, 0.15) is 5.82 Å². The fraction of sp³-hybridized carbons (Fsp3) is 0.250. The fourth-order valence-corrected chi connectivity index (χ4v) is 3.11. The van der Waals surface area contributed by atoms with Crippen LogP contribution in [0.1, 0.15) is 12.7 Å². The molecule has 3 rings (SSSR count). The molecule has 8 nitrogen and oxygen atoms in total. The zero-order valence-electron chi connectivity index (χ0n) is 11.4. The number of hydrogen-bond acceptors (Lipinski definition) is 6. The van der Waals surface area contributed by atoms with Crippen LogP contribution in [0.2, 0.25) is 0 Å². The maximum atomic E-state index is 11.3. The van der Waals surface area contributed by atoms with Gasteiger partial charge in [-0.25, -0.2) is 0 Å². The minimum atomic E-state index is -0.429. The molecule has 0 aliphatic rings. The topological polar surface area (TPSA) is 91.2 Å². The Labute approximate surface area is 124 Å². The lowest BCUT2D eigenvalue weighted by atomic mass is 10.5. The first-order chi connectivity index (χ1) is 10.1. The second-order valence-corrected chi connectivity index (χ2v) is 5.26. The van der Waals surface area contributed by atoms with E-state index >= 15 is 0 Å². The molecule has 9 heteroatoms. The number of aromatic nitrogens is 5. The van der Waals surface area contributed by atoms with Crippen molar-refractivity contribution in [2.75, 3.05) is 0 Å². The Hall–Kier alpha value is -2.42. The second-order valence-electron chi connectivity index (χ2n) is 4.30. The number of pyridine rings is 1. The third kappa shape index (κ3) is 2.25. The van der Waals surface area contributed by atoms with Crippen LogP contribution in [0.25, 0.3) is 5.65 Å². The molecule has 0 fully saturated rings. The second kappa shape index (κ2) is 5.17. The lowest BCUT2D eigenvalue weighted by molar-refractivity contribution is -0.393. The first-order valence-corrected chi connectivity index (χ1v) is 7.12. The van der Waals surface area contributed by atoms with Crippen molar-refractivity contribution in [3.05, 3.63) is 40.3 Å². The summed E-state index contributed by atoms with van der Waals surface area (Å²) >= 11 is 1.16. The van der Waals surface area contributed by atoms with E-state index in [-0.39, 0.29) is 5.82 Å². The molecule has 0 amide bonds. The Balaban J connectivity index is 2.12. The molecule has 0 N–H and O–H groups in total. The van der Waals surface area contributed by atoms with Crippen molar-refractivity contribution in [1.29, 1.82) is 0 Å². The maximum absolute atomic E-state index is 11.3. The number of rotatable bonds is 4. The minimum Gasteiger partial charge on any atom is -0.358 e. The molecular weight excluding hydrogens is 292 g/mol. The highest BCUT2D eigenvalue weighted by Gasteiger charge is 2.25. The van der Waals surface area contributed by atoms with Crippen LogP contribution in [0.3, 0.4) is 0 Å². The molecule has 3 heterocycles. The zero-order chi connectivity index (χ0) is 15.0. The van der Waals surface area contributed by atoms with Gasteiger partial charge in [-0.05, 0) is 36.6 Å². The van der Waals surface area contributed by atoms with Gasteiger partial charge in [-0.2, -0.15) is 9.38 Å². The van der Waals surface area contributed by atoms with E-state index < -0.39 is 4.92 Å². The van der Waals surface area contributed by atoms with Crippen LogP contribution in [0.15, 0.2) is 34.6 Å². The van der Waals surface area contributed by atoms with Gasteiger partial charge in [0, 0.05) is 12.6 Å². The monoisotopic (exact) mass is 304 g/mol. The van der Waals surface area contributed by atoms with Crippen LogP contribution in [0.4, 0.5) is 5.82 Å². The third-order valence-electron chi connectivity index (χ3n) is 3.05. The predicted octanol–water partition coefficient (Wildman–Crippen LogP) is 2.31. The molecule has 0 unspecified atom stereocenters.